The summed E-state index contributed by atoms with van der Waals surface area (Å²) in [5.74, 6) is -1.37. The summed E-state index contributed by atoms with van der Waals surface area (Å²) >= 11 is 1.65. The number of carbonyl (C=O) groups excluding carboxylic acids is 2. The van der Waals surface area contributed by atoms with Crippen LogP contribution in [0.5, 0.6) is 0 Å². The van der Waals surface area contributed by atoms with E-state index in [0.717, 1.165) is 18.6 Å². The predicted molar refractivity (Wildman–Crippen MR) is 116 cm³/mol. The highest BCUT2D eigenvalue weighted by molar-refractivity contribution is 7.99. The summed E-state index contributed by atoms with van der Waals surface area (Å²) in [5.41, 5.74) is 1.36. The second-order valence-corrected chi connectivity index (χ2v) is 9.17. The van der Waals surface area contributed by atoms with E-state index in [-0.39, 0.29) is 23.7 Å². The van der Waals surface area contributed by atoms with Crippen molar-refractivity contribution < 1.29 is 18.7 Å². The molecule has 1 saturated heterocycles. The summed E-state index contributed by atoms with van der Waals surface area (Å²) < 4.78 is 19.5. The van der Waals surface area contributed by atoms with Crippen molar-refractivity contribution in [3.63, 3.8) is 0 Å². The Balaban J connectivity index is 1.97. The smallest absolute Gasteiger partial charge is 0.336 e. The molecular formula is C22H30FN3O3S. The van der Waals surface area contributed by atoms with Gasteiger partial charge in [0.2, 0.25) is 5.91 Å². The fourth-order valence-corrected chi connectivity index (χ4v) is 5.08. The molecule has 2 heterocycles. The number of carbonyl (C=O) groups is 2. The molecule has 1 aromatic rings. The molecule has 0 aromatic heterocycles. The van der Waals surface area contributed by atoms with E-state index >= 15 is 0 Å². The first-order valence-electron chi connectivity index (χ1n) is 10.4. The van der Waals surface area contributed by atoms with Gasteiger partial charge in [0.05, 0.1) is 23.8 Å². The third-order valence-corrected chi connectivity index (χ3v) is 6.38. The van der Waals surface area contributed by atoms with Crippen molar-refractivity contribution in [2.24, 2.45) is 5.92 Å². The topological polar surface area (TPSA) is 79.5 Å². The minimum Gasteiger partial charge on any atom is -0.460 e. The second-order valence-electron chi connectivity index (χ2n) is 7.95. The highest BCUT2D eigenvalue weighted by Crippen LogP contribution is 2.41. The number of rotatable bonds is 7. The lowest BCUT2D eigenvalue weighted by Gasteiger charge is -2.45. The fraction of sp³-hybridized carbons (Fsp3) is 0.545. The highest BCUT2D eigenvalue weighted by Gasteiger charge is 2.48. The monoisotopic (exact) mass is 435 g/mol. The van der Waals surface area contributed by atoms with Gasteiger partial charge in [-0.25, -0.2) is 9.18 Å². The van der Waals surface area contributed by atoms with Crippen LogP contribution in [0.3, 0.4) is 0 Å². The molecule has 1 amide bonds. The number of amides is 1. The number of nitrogens with one attached hydrogen (secondary N) is 3. The van der Waals surface area contributed by atoms with Crippen molar-refractivity contribution in [3.8, 4) is 0 Å². The Labute approximate surface area is 181 Å². The molecule has 0 bridgehead atoms. The van der Waals surface area contributed by atoms with Gasteiger partial charge in [0, 0.05) is 11.6 Å². The Morgan fingerprint density at radius 3 is 2.73 bits per heavy atom. The summed E-state index contributed by atoms with van der Waals surface area (Å²) in [6.07, 6.45) is 1.47. The summed E-state index contributed by atoms with van der Waals surface area (Å²) in [6, 6.07) is 6.09. The first kappa shape index (κ1) is 22.6. The quantitative estimate of drug-likeness (QED) is 0.451. The highest BCUT2D eigenvalue weighted by atomic mass is 32.2. The van der Waals surface area contributed by atoms with E-state index in [1.54, 1.807) is 44.7 Å². The summed E-state index contributed by atoms with van der Waals surface area (Å²) in [7, 11) is 0. The molecule has 0 aliphatic carbocycles. The van der Waals surface area contributed by atoms with Crippen LogP contribution in [0.1, 0.15) is 52.0 Å². The Morgan fingerprint density at radius 1 is 1.30 bits per heavy atom. The third kappa shape index (κ3) is 4.98. The summed E-state index contributed by atoms with van der Waals surface area (Å²) in [4.78, 5) is 26.1. The van der Waals surface area contributed by atoms with Gasteiger partial charge < -0.3 is 15.4 Å². The van der Waals surface area contributed by atoms with Gasteiger partial charge in [-0.3, -0.25) is 10.1 Å². The third-order valence-electron chi connectivity index (χ3n) is 5.27. The molecule has 6 nitrogen and oxygen atoms in total. The van der Waals surface area contributed by atoms with Gasteiger partial charge >= 0.3 is 5.97 Å². The first-order chi connectivity index (χ1) is 14.3. The van der Waals surface area contributed by atoms with Crippen molar-refractivity contribution in [3.05, 3.63) is 46.9 Å². The molecule has 8 heteroatoms. The SMILES string of the molecule is CCCCSC1NC(=O)C2C(NC(C)=C(C(=O)OC(C)C)C2c2cccc(F)c2)N1. The molecule has 0 saturated carbocycles. The molecule has 0 spiro atoms. The molecule has 3 rings (SSSR count). The van der Waals surface area contributed by atoms with E-state index in [1.165, 1.54) is 12.1 Å². The van der Waals surface area contributed by atoms with Crippen LogP contribution in [-0.4, -0.2) is 35.4 Å². The lowest BCUT2D eigenvalue weighted by molar-refractivity contribution is -0.143. The zero-order chi connectivity index (χ0) is 21.8. The van der Waals surface area contributed by atoms with Crippen molar-refractivity contribution in [2.75, 3.05) is 5.75 Å². The molecule has 1 aromatic carbocycles. The van der Waals surface area contributed by atoms with Gasteiger partial charge in [0.25, 0.3) is 0 Å². The van der Waals surface area contributed by atoms with Crippen molar-refractivity contribution >= 4 is 23.6 Å². The number of hydrogen-bond acceptors (Lipinski definition) is 6. The largest absolute Gasteiger partial charge is 0.460 e. The fourth-order valence-electron chi connectivity index (χ4n) is 3.95. The minimum atomic E-state index is -0.618. The van der Waals surface area contributed by atoms with E-state index in [2.05, 4.69) is 22.9 Å². The van der Waals surface area contributed by atoms with Gasteiger partial charge in [-0.2, -0.15) is 0 Å². The number of ether oxygens (including phenoxy) is 1. The van der Waals surface area contributed by atoms with E-state index in [4.69, 9.17) is 4.74 Å². The second kappa shape index (κ2) is 9.83. The zero-order valence-corrected chi connectivity index (χ0v) is 18.6. The number of benzene rings is 1. The number of thioether (sulfide) groups is 1. The molecule has 2 aliphatic heterocycles. The number of halogens is 1. The van der Waals surface area contributed by atoms with E-state index in [9.17, 15) is 14.0 Å². The van der Waals surface area contributed by atoms with Crippen LogP contribution in [-0.2, 0) is 14.3 Å². The molecule has 4 atom stereocenters. The van der Waals surface area contributed by atoms with Gasteiger partial charge in [-0.15, -0.1) is 11.8 Å². The summed E-state index contributed by atoms with van der Waals surface area (Å²) in [5, 5.41) is 9.73. The molecule has 0 radical (unpaired) electrons. The molecule has 30 heavy (non-hydrogen) atoms. The van der Waals surface area contributed by atoms with Crippen LogP contribution in [0.4, 0.5) is 4.39 Å². The molecule has 4 unspecified atom stereocenters. The van der Waals surface area contributed by atoms with Crippen LogP contribution in [0.25, 0.3) is 0 Å². The maximum atomic E-state index is 14.0. The average molecular weight is 436 g/mol. The van der Waals surface area contributed by atoms with Gasteiger partial charge in [-0.05, 0) is 50.6 Å². The van der Waals surface area contributed by atoms with Crippen LogP contribution in [0, 0.1) is 11.7 Å². The average Bonchev–Trinajstić information content (AvgIpc) is 2.66. The standard InChI is InChI=1S/C22H30FN3O3S/c1-5-6-10-30-22-25-19-18(20(27)26-22)17(14-8-7-9-15(23)11-14)16(13(4)24-19)21(28)29-12(2)3/h7-9,11-12,17-19,22,24-25H,5-6,10H2,1-4H3,(H,26,27). The van der Waals surface area contributed by atoms with Gasteiger partial charge in [0.15, 0.2) is 0 Å². The Kier molecular flexibility index (Phi) is 7.41. The number of unbranched alkanes of at least 4 members (excludes halogenated alkanes) is 1. The van der Waals surface area contributed by atoms with E-state index in [1.807, 2.05) is 0 Å². The molecule has 1 fully saturated rings. The van der Waals surface area contributed by atoms with Crippen molar-refractivity contribution in [2.45, 2.75) is 64.2 Å². The van der Waals surface area contributed by atoms with Crippen LogP contribution in [0.2, 0.25) is 0 Å². The lowest BCUT2D eigenvalue weighted by atomic mass is 9.74. The van der Waals surface area contributed by atoms with Crippen LogP contribution in [0.15, 0.2) is 35.5 Å². The molecule has 2 aliphatic rings. The predicted octanol–water partition coefficient (Wildman–Crippen LogP) is 3.22. The number of allylic oxidation sites excluding steroid dienone is 1. The first-order valence-corrected chi connectivity index (χ1v) is 11.5. The van der Waals surface area contributed by atoms with Crippen LogP contribution < -0.4 is 16.0 Å². The summed E-state index contributed by atoms with van der Waals surface area (Å²) in [6.45, 7) is 7.47. The Morgan fingerprint density at radius 2 is 2.07 bits per heavy atom. The van der Waals surface area contributed by atoms with Crippen molar-refractivity contribution in [1.82, 2.24) is 16.0 Å². The van der Waals surface area contributed by atoms with Gasteiger partial charge in [-0.1, -0.05) is 25.5 Å². The van der Waals surface area contributed by atoms with Crippen LogP contribution >= 0.6 is 11.8 Å². The number of fused-ring (bicyclic) bond motifs is 1. The van der Waals surface area contributed by atoms with E-state index < -0.39 is 23.6 Å². The zero-order valence-electron chi connectivity index (χ0n) is 17.8. The van der Waals surface area contributed by atoms with Crippen molar-refractivity contribution in [1.29, 1.82) is 0 Å². The van der Waals surface area contributed by atoms with Gasteiger partial charge in [0.1, 0.15) is 11.3 Å². The Hall–Kier alpha value is -2.06. The number of esters is 1. The Bertz CT molecular complexity index is 830. The maximum Gasteiger partial charge on any atom is 0.336 e. The molecule has 164 valence electrons. The minimum absolute atomic E-state index is 0.170. The maximum absolute atomic E-state index is 14.0. The molecular weight excluding hydrogens is 405 g/mol. The molecule has 3 N–H and O–H groups in total. The normalized spacial score (nSPS) is 26.1. The van der Waals surface area contributed by atoms with E-state index in [0.29, 0.717) is 16.8 Å². The number of hydrogen-bond donors (Lipinski definition) is 3. The lowest BCUT2D eigenvalue weighted by Crippen LogP contribution is -2.67.